The summed E-state index contributed by atoms with van der Waals surface area (Å²) in [5, 5.41) is 10.4. The van der Waals surface area contributed by atoms with Crippen molar-refractivity contribution in [1.82, 2.24) is 9.80 Å². The van der Waals surface area contributed by atoms with Crippen LogP contribution in [0, 0.1) is 0 Å². The van der Waals surface area contributed by atoms with E-state index in [0.29, 0.717) is 19.8 Å². The third-order valence-electron chi connectivity index (χ3n) is 2.71. The molecule has 0 fully saturated rings. The Balaban J connectivity index is 4.29. The van der Waals surface area contributed by atoms with Gasteiger partial charge in [0.25, 0.3) is 0 Å². The smallest absolute Gasteiger partial charge is 0.410 e. The highest BCUT2D eigenvalue weighted by Gasteiger charge is 2.28. The molecule has 1 atom stereocenters. The number of carbonyl (C=O) groups excluding carboxylic acids is 1. The number of likely N-dealkylation sites (N-methyl/N-ethyl adjacent to an activating group) is 2. The van der Waals surface area contributed by atoms with Crippen LogP contribution in [0.3, 0.4) is 0 Å². The van der Waals surface area contributed by atoms with E-state index >= 15 is 0 Å². The number of hydrogen-bond donors (Lipinski definition) is 1. The van der Waals surface area contributed by atoms with Crippen LogP contribution in [0.15, 0.2) is 0 Å². The Morgan fingerprint density at radius 3 is 2.19 bits per heavy atom. The van der Waals surface area contributed by atoms with Crippen LogP contribution in [0.5, 0.6) is 0 Å². The number of carbonyl (C=O) groups is 1. The largest absolute Gasteiger partial charge is 0.444 e. The fourth-order valence-corrected chi connectivity index (χ4v) is 1.99. The second-order valence-electron chi connectivity index (χ2n) is 6.77. The number of amides is 1. The highest BCUT2D eigenvalue weighted by Crippen LogP contribution is 2.12. The Morgan fingerprint density at radius 2 is 1.71 bits per heavy atom. The molecule has 0 aromatic rings. The second-order valence-corrected chi connectivity index (χ2v) is 6.77. The summed E-state index contributed by atoms with van der Waals surface area (Å²) in [6, 6.07) is 0. The first-order valence-corrected chi connectivity index (χ1v) is 7.39. The molecule has 1 unspecified atom stereocenters. The summed E-state index contributed by atoms with van der Waals surface area (Å²) in [5.74, 6) is 0. The molecule has 0 bridgehead atoms. The standard InChI is InChI=1S/C15H32N2O4/c1-8-20-10-9-16(6)11-15(5,19)12-17(7)13(18)21-14(2,3)4/h19H,8-12H2,1-7H3. The SMILES string of the molecule is CCOCCN(C)CC(C)(O)CN(C)C(=O)OC(C)(C)C. The number of aliphatic hydroxyl groups is 1. The van der Waals surface area contributed by atoms with Crippen molar-refractivity contribution in [1.29, 1.82) is 0 Å². The maximum absolute atomic E-state index is 11.9. The summed E-state index contributed by atoms with van der Waals surface area (Å²) < 4.78 is 10.6. The molecule has 6 nitrogen and oxygen atoms in total. The minimum absolute atomic E-state index is 0.209. The Hall–Kier alpha value is -0.850. The molecule has 0 radical (unpaired) electrons. The van der Waals surface area contributed by atoms with Crippen molar-refractivity contribution in [3.05, 3.63) is 0 Å². The van der Waals surface area contributed by atoms with Crippen molar-refractivity contribution >= 4 is 6.09 Å². The number of rotatable bonds is 8. The summed E-state index contributed by atoms with van der Waals surface area (Å²) in [5.41, 5.74) is -1.54. The van der Waals surface area contributed by atoms with Crippen LogP contribution in [-0.2, 0) is 9.47 Å². The van der Waals surface area contributed by atoms with E-state index in [0.717, 1.165) is 6.54 Å². The maximum Gasteiger partial charge on any atom is 0.410 e. The molecule has 0 aliphatic heterocycles. The summed E-state index contributed by atoms with van der Waals surface area (Å²) in [4.78, 5) is 15.3. The van der Waals surface area contributed by atoms with E-state index in [1.165, 1.54) is 4.90 Å². The Morgan fingerprint density at radius 1 is 1.14 bits per heavy atom. The van der Waals surface area contributed by atoms with E-state index in [9.17, 15) is 9.90 Å². The Labute approximate surface area is 129 Å². The second kappa shape index (κ2) is 8.56. The van der Waals surface area contributed by atoms with Gasteiger partial charge in [0.05, 0.1) is 18.8 Å². The third-order valence-corrected chi connectivity index (χ3v) is 2.71. The van der Waals surface area contributed by atoms with Crippen LogP contribution < -0.4 is 0 Å². The molecular formula is C15H32N2O4. The zero-order chi connectivity index (χ0) is 16.7. The third kappa shape index (κ3) is 10.5. The quantitative estimate of drug-likeness (QED) is 0.690. The molecule has 0 spiro atoms. The van der Waals surface area contributed by atoms with Crippen LogP contribution in [0.4, 0.5) is 4.79 Å². The minimum Gasteiger partial charge on any atom is -0.444 e. The lowest BCUT2D eigenvalue weighted by Crippen LogP contribution is -2.49. The number of nitrogens with zero attached hydrogens (tertiary/aromatic N) is 2. The molecule has 0 saturated carbocycles. The topological polar surface area (TPSA) is 62.2 Å². The Bertz CT molecular complexity index is 313. The van der Waals surface area contributed by atoms with Gasteiger partial charge in [0.15, 0.2) is 0 Å². The highest BCUT2D eigenvalue weighted by atomic mass is 16.6. The van der Waals surface area contributed by atoms with Gasteiger partial charge in [-0.05, 0) is 41.7 Å². The summed E-state index contributed by atoms with van der Waals surface area (Å²) >= 11 is 0. The fraction of sp³-hybridized carbons (Fsp3) is 0.933. The van der Waals surface area contributed by atoms with Crippen LogP contribution in [0.2, 0.25) is 0 Å². The zero-order valence-electron chi connectivity index (χ0n) is 14.6. The lowest BCUT2D eigenvalue weighted by molar-refractivity contribution is -0.0189. The molecule has 0 rings (SSSR count). The van der Waals surface area contributed by atoms with Crippen molar-refractivity contribution in [2.45, 2.75) is 45.8 Å². The molecule has 1 N–H and O–H groups in total. The van der Waals surface area contributed by atoms with Crippen LogP contribution >= 0.6 is 0 Å². The van der Waals surface area contributed by atoms with Gasteiger partial charge in [-0.15, -0.1) is 0 Å². The van der Waals surface area contributed by atoms with E-state index in [4.69, 9.17) is 9.47 Å². The van der Waals surface area contributed by atoms with Crippen LogP contribution in [-0.4, -0.2) is 79.1 Å². The highest BCUT2D eigenvalue weighted by molar-refractivity contribution is 5.67. The van der Waals surface area contributed by atoms with Gasteiger partial charge in [-0.2, -0.15) is 0 Å². The molecular weight excluding hydrogens is 272 g/mol. The molecule has 0 heterocycles. The zero-order valence-corrected chi connectivity index (χ0v) is 14.6. The number of hydrogen-bond acceptors (Lipinski definition) is 5. The normalized spacial score (nSPS) is 14.9. The van der Waals surface area contributed by atoms with Gasteiger partial charge in [0.1, 0.15) is 5.60 Å². The molecule has 0 aliphatic rings. The average Bonchev–Trinajstić information content (AvgIpc) is 2.25. The predicted molar refractivity (Wildman–Crippen MR) is 83.5 cm³/mol. The first kappa shape index (κ1) is 20.1. The molecule has 0 aromatic heterocycles. The first-order chi connectivity index (χ1) is 9.47. The van der Waals surface area contributed by atoms with Gasteiger partial charge < -0.3 is 24.4 Å². The predicted octanol–water partition coefficient (Wildman–Crippen LogP) is 1.57. The Kier molecular flexibility index (Phi) is 8.21. The lowest BCUT2D eigenvalue weighted by Gasteiger charge is -2.33. The first-order valence-electron chi connectivity index (χ1n) is 7.39. The lowest BCUT2D eigenvalue weighted by atomic mass is 10.1. The van der Waals surface area contributed by atoms with Crippen molar-refractivity contribution in [2.24, 2.45) is 0 Å². The van der Waals surface area contributed by atoms with Crippen molar-refractivity contribution < 1.29 is 19.4 Å². The summed E-state index contributed by atoms with van der Waals surface area (Å²) in [6.45, 7) is 11.8. The van der Waals surface area contributed by atoms with E-state index in [1.54, 1.807) is 14.0 Å². The van der Waals surface area contributed by atoms with Crippen molar-refractivity contribution in [3.63, 3.8) is 0 Å². The monoisotopic (exact) mass is 304 g/mol. The van der Waals surface area contributed by atoms with Crippen LogP contribution in [0.25, 0.3) is 0 Å². The van der Waals surface area contributed by atoms with Gasteiger partial charge in [0.2, 0.25) is 0 Å². The number of ether oxygens (including phenoxy) is 2. The van der Waals surface area contributed by atoms with Crippen molar-refractivity contribution in [3.8, 4) is 0 Å². The molecule has 0 aliphatic carbocycles. The summed E-state index contributed by atoms with van der Waals surface area (Å²) in [7, 11) is 3.55. The van der Waals surface area contributed by atoms with E-state index < -0.39 is 17.3 Å². The van der Waals surface area contributed by atoms with E-state index in [-0.39, 0.29) is 6.54 Å². The van der Waals surface area contributed by atoms with Gasteiger partial charge in [0, 0.05) is 26.7 Å². The van der Waals surface area contributed by atoms with E-state index in [2.05, 4.69) is 0 Å². The maximum atomic E-state index is 11.9. The van der Waals surface area contributed by atoms with Gasteiger partial charge in [-0.25, -0.2) is 4.79 Å². The summed E-state index contributed by atoms with van der Waals surface area (Å²) in [6.07, 6.45) is -0.431. The molecule has 1 amide bonds. The van der Waals surface area contributed by atoms with Gasteiger partial charge >= 0.3 is 6.09 Å². The molecule has 0 saturated heterocycles. The minimum atomic E-state index is -1.01. The van der Waals surface area contributed by atoms with Gasteiger partial charge in [-0.3, -0.25) is 0 Å². The van der Waals surface area contributed by atoms with Gasteiger partial charge in [-0.1, -0.05) is 0 Å². The molecule has 126 valence electrons. The van der Waals surface area contributed by atoms with Crippen molar-refractivity contribution in [2.75, 3.05) is 46.9 Å². The van der Waals surface area contributed by atoms with Crippen LogP contribution in [0.1, 0.15) is 34.6 Å². The average molecular weight is 304 g/mol. The van der Waals surface area contributed by atoms with E-state index in [1.807, 2.05) is 39.6 Å². The molecule has 6 heteroatoms. The molecule has 21 heavy (non-hydrogen) atoms. The molecule has 0 aromatic carbocycles. The fourth-order valence-electron chi connectivity index (χ4n) is 1.99.